The van der Waals surface area contributed by atoms with Crippen molar-refractivity contribution in [2.24, 2.45) is 5.84 Å². The molecule has 0 fully saturated rings. The number of halogens is 4. The van der Waals surface area contributed by atoms with Gasteiger partial charge in [0.25, 0.3) is 0 Å². The van der Waals surface area contributed by atoms with Crippen LogP contribution in [0.4, 0.5) is 18.9 Å². The number of alkyl halides is 3. The van der Waals surface area contributed by atoms with E-state index in [0.29, 0.717) is 9.26 Å². The molecule has 0 aromatic heterocycles. The molecule has 0 unspecified atom stereocenters. The lowest BCUT2D eigenvalue weighted by atomic mass is 10.3. The third-order valence-electron chi connectivity index (χ3n) is 1.33. The molecule has 0 aliphatic rings. The van der Waals surface area contributed by atoms with E-state index >= 15 is 0 Å². The standard InChI is InChI=1S/C7H6F3IN2O/c8-7(9,10)14-4-1-2-5(11)6(3-4)13-12/h1-3,13H,12H2. The second kappa shape index (κ2) is 4.22. The summed E-state index contributed by atoms with van der Waals surface area (Å²) >= 11 is 1.94. The van der Waals surface area contributed by atoms with Crippen molar-refractivity contribution in [1.82, 2.24) is 0 Å². The Morgan fingerprint density at radius 2 is 2.00 bits per heavy atom. The van der Waals surface area contributed by atoms with E-state index in [4.69, 9.17) is 5.84 Å². The van der Waals surface area contributed by atoms with Gasteiger partial charge in [-0.15, -0.1) is 13.2 Å². The minimum atomic E-state index is -4.68. The fourth-order valence-corrected chi connectivity index (χ4v) is 1.30. The highest BCUT2D eigenvalue weighted by molar-refractivity contribution is 14.1. The van der Waals surface area contributed by atoms with Crippen LogP contribution in [0.2, 0.25) is 0 Å². The Morgan fingerprint density at radius 1 is 1.36 bits per heavy atom. The van der Waals surface area contributed by atoms with E-state index in [1.54, 1.807) is 0 Å². The molecule has 0 heterocycles. The van der Waals surface area contributed by atoms with Crippen LogP contribution in [0.5, 0.6) is 5.75 Å². The second-order valence-corrected chi connectivity index (χ2v) is 3.50. The van der Waals surface area contributed by atoms with Gasteiger partial charge < -0.3 is 10.2 Å². The van der Waals surface area contributed by atoms with Crippen LogP contribution in [0.15, 0.2) is 18.2 Å². The van der Waals surface area contributed by atoms with Gasteiger partial charge in [-0.3, -0.25) is 5.84 Å². The topological polar surface area (TPSA) is 47.3 Å². The Morgan fingerprint density at radius 3 is 2.50 bits per heavy atom. The van der Waals surface area contributed by atoms with Gasteiger partial charge in [-0.2, -0.15) is 0 Å². The molecule has 0 saturated heterocycles. The normalized spacial score (nSPS) is 11.2. The SMILES string of the molecule is NNc1cc(OC(F)(F)F)ccc1I. The number of anilines is 1. The molecule has 1 rings (SSSR count). The first-order valence-corrected chi connectivity index (χ1v) is 4.52. The average Bonchev–Trinajstić information content (AvgIpc) is 2.06. The molecule has 0 aliphatic carbocycles. The van der Waals surface area contributed by atoms with Crippen molar-refractivity contribution in [1.29, 1.82) is 0 Å². The third kappa shape index (κ3) is 3.22. The quantitative estimate of drug-likeness (QED) is 0.500. The van der Waals surface area contributed by atoms with Crippen LogP contribution >= 0.6 is 22.6 Å². The fraction of sp³-hybridized carbons (Fsp3) is 0.143. The fourth-order valence-electron chi connectivity index (χ4n) is 0.812. The zero-order valence-corrected chi connectivity index (χ0v) is 8.89. The highest BCUT2D eigenvalue weighted by Gasteiger charge is 2.31. The lowest BCUT2D eigenvalue weighted by Crippen LogP contribution is -2.17. The lowest BCUT2D eigenvalue weighted by Gasteiger charge is -2.10. The highest BCUT2D eigenvalue weighted by Crippen LogP contribution is 2.27. The highest BCUT2D eigenvalue weighted by atomic mass is 127. The molecule has 0 spiro atoms. The second-order valence-electron chi connectivity index (χ2n) is 2.33. The van der Waals surface area contributed by atoms with Gasteiger partial charge in [0.05, 0.1) is 5.69 Å². The molecule has 14 heavy (non-hydrogen) atoms. The van der Waals surface area contributed by atoms with E-state index in [0.717, 1.165) is 0 Å². The molecule has 0 aliphatic heterocycles. The van der Waals surface area contributed by atoms with Gasteiger partial charge in [0, 0.05) is 9.64 Å². The summed E-state index contributed by atoms with van der Waals surface area (Å²) in [6.07, 6.45) is -4.68. The van der Waals surface area contributed by atoms with Gasteiger partial charge in [-0.05, 0) is 34.7 Å². The van der Waals surface area contributed by atoms with Gasteiger partial charge in [-0.25, -0.2) is 0 Å². The molecule has 0 atom stereocenters. The monoisotopic (exact) mass is 318 g/mol. The van der Waals surface area contributed by atoms with Gasteiger partial charge in [0.15, 0.2) is 0 Å². The number of ether oxygens (including phenoxy) is 1. The van der Waals surface area contributed by atoms with E-state index in [1.165, 1.54) is 18.2 Å². The maximum absolute atomic E-state index is 11.8. The molecule has 0 saturated carbocycles. The van der Waals surface area contributed by atoms with Gasteiger partial charge in [-0.1, -0.05) is 0 Å². The Bertz CT molecular complexity index is 329. The third-order valence-corrected chi connectivity index (χ3v) is 2.27. The molecule has 78 valence electrons. The Kier molecular flexibility index (Phi) is 3.43. The summed E-state index contributed by atoms with van der Waals surface area (Å²) in [7, 11) is 0. The first-order valence-electron chi connectivity index (χ1n) is 3.44. The Labute approximate surface area is 91.5 Å². The molecule has 0 amide bonds. The molecule has 0 radical (unpaired) electrons. The maximum atomic E-state index is 11.8. The number of hydrogen-bond acceptors (Lipinski definition) is 3. The van der Waals surface area contributed by atoms with E-state index in [1.807, 2.05) is 22.6 Å². The van der Waals surface area contributed by atoms with Gasteiger partial charge in [0.2, 0.25) is 0 Å². The Balaban J connectivity index is 2.90. The zero-order valence-electron chi connectivity index (χ0n) is 6.73. The van der Waals surface area contributed by atoms with E-state index in [9.17, 15) is 13.2 Å². The van der Waals surface area contributed by atoms with Gasteiger partial charge in [0.1, 0.15) is 5.75 Å². The summed E-state index contributed by atoms with van der Waals surface area (Å²) in [4.78, 5) is 0. The lowest BCUT2D eigenvalue weighted by molar-refractivity contribution is -0.274. The van der Waals surface area contributed by atoms with E-state index in [-0.39, 0.29) is 5.75 Å². The van der Waals surface area contributed by atoms with Crippen LogP contribution in [0.1, 0.15) is 0 Å². The van der Waals surface area contributed by atoms with Gasteiger partial charge >= 0.3 is 6.36 Å². The predicted molar refractivity (Wildman–Crippen MR) is 53.7 cm³/mol. The first-order chi connectivity index (χ1) is 6.42. The summed E-state index contributed by atoms with van der Waals surface area (Å²) in [5, 5.41) is 0. The molecule has 3 N–H and O–H groups in total. The van der Waals surface area contributed by atoms with E-state index < -0.39 is 6.36 Å². The average molecular weight is 318 g/mol. The number of rotatable bonds is 2. The van der Waals surface area contributed by atoms with Crippen LogP contribution < -0.4 is 16.0 Å². The molecule has 3 nitrogen and oxygen atoms in total. The summed E-state index contributed by atoms with van der Waals surface area (Å²) in [6, 6.07) is 3.86. The number of benzene rings is 1. The minimum absolute atomic E-state index is 0.300. The smallest absolute Gasteiger partial charge is 0.406 e. The number of hydrogen-bond donors (Lipinski definition) is 2. The van der Waals surface area contributed by atoms with Crippen LogP contribution in [0.3, 0.4) is 0 Å². The number of hydrazine groups is 1. The van der Waals surface area contributed by atoms with Crippen molar-refractivity contribution in [3.05, 3.63) is 21.8 Å². The molecule has 1 aromatic carbocycles. The van der Waals surface area contributed by atoms with Crippen molar-refractivity contribution in [2.75, 3.05) is 5.43 Å². The van der Waals surface area contributed by atoms with Crippen molar-refractivity contribution in [3.8, 4) is 5.75 Å². The van der Waals surface area contributed by atoms with Crippen LogP contribution in [-0.2, 0) is 0 Å². The zero-order chi connectivity index (χ0) is 10.8. The summed E-state index contributed by atoms with van der Waals surface area (Å²) in [5.41, 5.74) is 2.65. The largest absolute Gasteiger partial charge is 0.573 e. The summed E-state index contributed by atoms with van der Waals surface area (Å²) in [5.74, 6) is 4.79. The van der Waals surface area contributed by atoms with Crippen molar-refractivity contribution in [3.63, 3.8) is 0 Å². The minimum Gasteiger partial charge on any atom is -0.406 e. The predicted octanol–water partition coefficient (Wildman–Crippen LogP) is 2.48. The van der Waals surface area contributed by atoms with Crippen LogP contribution in [-0.4, -0.2) is 6.36 Å². The summed E-state index contributed by atoms with van der Waals surface area (Å²) in [6.45, 7) is 0. The molecule has 1 aromatic rings. The van der Waals surface area contributed by atoms with Crippen LogP contribution in [0, 0.1) is 3.57 Å². The number of nitrogens with one attached hydrogen (secondary N) is 1. The maximum Gasteiger partial charge on any atom is 0.573 e. The van der Waals surface area contributed by atoms with Crippen molar-refractivity contribution >= 4 is 28.3 Å². The molecular formula is C7H6F3IN2O. The van der Waals surface area contributed by atoms with Crippen molar-refractivity contribution < 1.29 is 17.9 Å². The van der Waals surface area contributed by atoms with E-state index in [2.05, 4.69) is 10.2 Å². The number of nitrogens with two attached hydrogens (primary N) is 1. The van der Waals surface area contributed by atoms with Crippen molar-refractivity contribution in [2.45, 2.75) is 6.36 Å². The molecule has 0 bridgehead atoms. The molecule has 7 heteroatoms. The molecular weight excluding hydrogens is 312 g/mol. The number of nitrogen functional groups attached to an aromatic ring is 1. The Hall–Kier alpha value is -0.700. The first kappa shape index (κ1) is 11.4. The summed E-state index contributed by atoms with van der Waals surface area (Å²) < 4.78 is 39.8. The van der Waals surface area contributed by atoms with Crippen LogP contribution in [0.25, 0.3) is 0 Å².